The van der Waals surface area contributed by atoms with Crippen molar-refractivity contribution in [3.63, 3.8) is 0 Å². The fourth-order valence-corrected chi connectivity index (χ4v) is 4.27. The van der Waals surface area contributed by atoms with Gasteiger partial charge in [0.2, 0.25) is 5.91 Å². The first-order valence-corrected chi connectivity index (χ1v) is 10.7. The van der Waals surface area contributed by atoms with Crippen molar-refractivity contribution in [2.45, 2.75) is 12.1 Å². The first kappa shape index (κ1) is 21.3. The number of carbonyl (C=O) groups is 2. The maximum atomic E-state index is 12.3. The predicted molar refractivity (Wildman–Crippen MR) is 116 cm³/mol. The summed E-state index contributed by atoms with van der Waals surface area (Å²) >= 11 is 8.35. The van der Waals surface area contributed by atoms with Crippen LogP contribution in [0.15, 0.2) is 29.4 Å². The monoisotopic (exact) mass is 450 g/mol. The van der Waals surface area contributed by atoms with Gasteiger partial charge in [0.05, 0.1) is 11.4 Å². The SMILES string of the molecule is Cc1nc(NC(=O)CSc2nnc(-c3ccc(Cl)cc3)n2C)sc1C(=O)N(C)C. The van der Waals surface area contributed by atoms with Crippen molar-refractivity contribution in [1.29, 1.82) is 0 Å². The number of carbonyl (C=O) groups excluding carboxylic acids is 2. The number of thiazole rings is 1. The average Bonchev–Trinajstić information content (AvgIpc) is 3.22. The Labute approximate surface area is 181 Å². The van der Waals surface area contributed by atoms with Crippen molar-refractivity contribution < 1.29 is 9.59 Å². The molecule has 29 heavy (non-hydrogen) atoms. The number of rotatable bonds is 6. The van der Waals surface area contributed by atoms with Gasteiger partial charge in [-0.3, -0.25) is 9.59 Å². The fraction of sp³-hybridized carbons (Fsp3) is 0.278. The molecule has 0 radical (unpaired) electrons. The number of halogens is 1. The minimum Gasteiger partial charge on any atom is -0.344 e. The van der Waals surface area contributed by atoms with Gasteiger partial charge in [0.15, 0.2) is 16.1 Å². The molecule has 3 rings (SSSR count). The van der Waals surface area contributed by atoms with Gasteiger partial charge in [0.25, 0.3) is 5.91 Å². The summed E-state index contributed by atoms with van der Waals surface area (Å²) in [6.45, 7) is 1.75. The Hall–Kier alpha value is -2.43. The van der Waals surface area contributed by atoms with E-state index in [1.807, 2.05) is 23.7 Å². The molecule has 0 aliphatic carbocycles. The number of nitrogens with one attached hydrogen (secondary N) is 1. The molecular weight excluding hydrogens is 432 g/mol. The van der Waals surface area contributed by atoms with E-state index in [4.69, 9.17) is 11.6 Å². The number of amides is 2. The molecule has 3 aromatic rings. The second kappa shape index (κ2) is 8.93. The van der Waals surface area contributed by atoms with E-state index < -0.39 is 0 Å². The molecule has 8 nitrogen and oxygen atoms in total. The molecule has 0 spiro atoms. The highest BCUT2D eigenvalue weighted by Crippen LogP contribution is 2.26. The van der Waals surface area contributed by atoms with Gasteiger partial charge in [-0.1, -0.05) is 34.7 Å². The zero-order chi connectivity index (χ0) is 21.1. The van der Waals surface area contributed by atoms with E-state index >= 15 is 0 Å². The summed E-state index contributed by atoms with van der Waals surface area (Å²) in [6, 6.07) is 7.31. The third-order valence-electron chi connectivity index (χ3n) is 3.91. The van der Waals surface area contributed by atoms with Crippen LogP contribution in [0, 0.1) is 6.92 Å². The van der Waals surface area contributed by atoms with Crippen molar-refractivity contribution in [2.75, 3.05) is 25.2 Å². The van der Waals surface area contributed by atoms with Crippen molar-refractivity contribution in [2.24, 2.45) is 7.05 Å². The van der Waals surface area contributed by atoms with Gasteiger partial charge in [-0.05, 0) is 31.2 Å². The highest BCUT2D eigenvalue weighted by molar-refractivity contribution is 7.99. The Balaban J connectivity index is 1.62. The molecule has 2 amide bonds. The standard InChI is InChI=1S/C18H19ClN6O2S2/c1-10-14(16(27)24(2)3)29-17(20-10)21-13(26)9-28-18-23-22-15(25(18)4)11-5-7-12(19)8-6-11/h5-8H,9H2,1-4H3,(H,20,21,26). The van der Waals surface area contributed by atoms with Crippen molar-refractivity contribution >= 4 is 51.6 Å². The molecule has 11 heteroatoms. The molecule has 0 saturated heterocycles. The Bertz CT molecular complexity index is 1050. The lowest BCUT2D eigenvalue weighted by Gasteiger charge is -2.07. The van der Waals surface area contributed by atoms with Crippen LogP contribution in [0.1, 0.15) is 15.4 Å². The molecule has 0 aliphatic rings. The van der Waals surface area contributed by atoms with Crippen LogP contribution < -0.4 is 5.32 Å². The largest absolute Gasteiger partial charge is 0.344 e. The highest BCUT2D eigenvalue weighted by atomic mass is 35.5. The second-order valence-corrected chi connectivity index (χ2v) is 8.72. The molecule has 0 fully saturated rings. The number of hydrogen-bond donors (Lipinski definition) is 1. The molecule has 2 heterocycles. The number of benzene rings is 1. The van der Waals surface area contributed by atoms with E-state index in [0.717, 1.165) is 16.9 Å². The maximum Gasteiger partial charge on any atom is 0.265 e. The average molecular weight is 451 g/mol. The van der Waals surface area contributed by atoms with Crippen LogP contribution >= 0.6 is 34.7 Å². The molecular formula is C18H19ClN6O2S2. The normalized spacial score (nSPS) is 10.8. The van der Waals surface area contributed by atoms with Crippen LogP contribution in [0.2, 0.25) is 5.02 Å². The molecule has 0 aliphatic heterocycles. The van der Waals surface area contributed by atoms with Crippen LogP contribution in [0.4, 0.5) is 5.13 Å². The molecule has 0 saturated carbocycles. The Morgan fingerprint density at radius 2 is 1.93 bits per heavy atom. The van der Waals surface area contributed by atoms with Gasteiger partial charge in [0.1, 0.15) is 4.88 Å². The summed E-state index contributed by atoms with van der Waals surface area (Å²) in [7, 11) is 5.19. The lowest BCUT2D eigenvalue weighted by Crippen LogP contribution is -2.21. The lowest BCUT2D eigenvalue weighted by molar-refractivity contribution is -0.113. The van der Waals surface area contributed by atoms with Crippen LogP contribution in [-0.2, 0) is 11.8 Å². The van der Waals surface area contributed by atoms with Gasteiger partial charge in [0, 0.05) is 31.7 Å². The second-order valence-electron chi connectivity index (χ2n) is 6.34. The summed E-state index contributed by atoms with van der Waals surface area (Å²) in [5.74, 6) is 0.460. The lowest BCUT2D eigenvalue weighted by atomic mass is 10.2. The van der Waals surface area contributed by atoms with E-state index in [0.29, 0.717) is 31.7 Å². The van der Waals surface area contributed by atoms with Gasteiger partial charge < -0.3 is 14.8 Å². The third kappa shape index (κ3) is 4.95. The minimum atomic E-state index is -0.233. The van der Waals surface area contributed by atoms with Crippen LogP contribution in [-0.4, -0.2) is 56.3 Å². The van der Waals surface area contributed by atoms with E-state index in [9.17, 15) is 9.59 Å². The number of thioether (sulfide) groups is 1. The zero-order valence-corrected chi connectivity index (χ0v) is 18.7. The molecule has 152 valence electrons. The summed E-state index contributed by atoms with van der Waals surface area (Å²) in [4.78, 5) is 30.7. The number of hydrogen-bond acceptors (Lipinski definition) is 7. The number of aromatic nitrogens is 4. The van der Waals surface area contributed by atoms with Gasteiger partial charge in [-0.15, -0.1) is 10.2 Å². The molecule has 0 unspecified atom stereocenters. The smallest absolute Gasteiger partial charge is 0.265 e. The van der Waals surface area contributed by atoms with Crippen LogP contribution in [0.25, 0.3) is 11.4 Å². The van der Waals surface area contributed by atoms with Crippen molar-refractivity contribution in [3.05, 3.63) is 39.9 Å². The fourth-order valence-electron chi connectivity index (χ4n) is 2.43. The number of aryl methyl sites for hydroxylation is 1. The first-order valence-electron chi connectivity index (χ1n) is 8.53. The van der Waals surface area contributed by atoms with E-state index in [1.165, 1.54) is 16.7 Å². The molecule has 0 atom stereocenters. The molecule has 1 N–H and O–H groups in total. The van der Waals surface area contributed by atoms with Crippen molar-refractivity contribution in [3.8, 4) is 11.4 Å². The Morgan fingerprint density at radius 3 is 2.59 bits per heavy atom. The summed E-state index contributed by atoms with van der Waals surface area (Å²) in [5, 5.41) is 12.7. The number of anilines is 1. The van der Waals surface area contributed by atoms with Crippen molar-refractivity contribution in [1.82, 2.24) is 24.6 Å². The first-order chi connectivity index (χ1) is 13.8. The molecule has 0 bridgehead atoms. The molecule has 2 aromatic heterocycles. The Morgan fingerprint density at radius 1 is 1.24 bits per heavy atom. The van der Waals surface area contributed by atoms with Crippen LogP contribution in [0.3, 0.4) is 0 Å². The predicted octanol–water partition coefficient (Wildman–Crippen LogP) is 3.33. The van der Waals surface area contributed by atoms with E-state index in [-0.39, 0.29) is 17.6 Å². The number of nitrogens with zero attached hydrogens (tertiary/aromatic N) is 5. The highest BCUT2D eigenvalue weighted by Gasteiger charge is 2.18. The van der Waals surface area contributed by atoms with Gasteiger partial charge >= 0.3 is 0 Å². The van der Waals surface area contributed by atoms with Gasteiger partial charge in [-0.2, -0.15) is 0 Å². The maximum absolute atomic E-state index is 12.3. The topological polar surface area (TPSA) is 93.0 Å². The van der Waals surface area contributed by atoms with Gasteiger partial charge in [-0.25, -0.2) is 4.98 Å². The Kier molecular flexibility index (Phi) is 6.56. The van der Waals surface area contributed by atoms with E-state index in [2.05, 4.69) is 20.5 Å². The molecule has 1 aromatic carbocycles. The minimum absolute atomic E-state index is 0.135. The van der Waals surface area contributed by atoms with E-state index in [1.54, 1.807) is 33.2 Å². The summed E-state index contributed by atoms with van der Waals surface area (Å²) < 4.78 is 1.82. The quantitative estimate of drug-likeness (QED) is 0.579. The summed E-state index contributed by atoms with van der Waals surface area (Å²) in [5.41, 5.74) is 1.48. The van der Waals surface area contributed by atoms with Crippen LogP contribution in [0.5, 0.6) is 0 Å². The summed E-state index contributed by atoms with van der Waals surface area (Å²) in [6.07, 6.45) is 0. The zero-order valence-electron chi connectivity index (χ0n) is 16.3. The third-order valence-corrected chi connectivity index (χ3v) is 6.25.